The fourth-order valence-corrected chi connectivity index (χ4v) is 6.76. The number of nitrogens with two attached hydrogens (primary N) is 1. The molecule has 2 aromatic carbocycles. The minimum absolute atomic E-state index is 0.0665. The molecular weight excluding hydrogens is 883 g/mol. The molecule has 0 aliphatic heterocycles. The van der Waals surface area contributed by atoms with E-state index >= 15 is 0 Å². The van der Waals surface area contributed by atoms with E-state index in [1.807, 2.05) is 6.92 Å². The van der Waals surface area contributed by atoms with Gasteiger partial charge in [-0.3, -0.25) is 38.4 Å². The van der Waals surface area contributed by atoms with Crippen LogP contribution in [0.15, 0.2) is 60.7 Å². The van der Waals surface area contributed by atoms with Crippen LogP contribution >= 0.6 is 0 Å². The van der Waals surface area contributed by atoms with Crippen molar-refractivity contribution in [1.29, 1.82) is 0 Å². The standard InChI is InChI=1S/C47H71N9O12/c1-9-27(6)38(55-40(60)28(7)48)45(65)52-32(20-25(2)3)42(62)56-39(29(8)58)46(66)53-33(21-30-16-12-10-13-17-30)41(61)49-23-36(59)50-35(24-57)44(64)51-34(22-31-18-14-11-15-19-31)43(63)54-37(26(4)5)47(67)68/h10-19,25-29,32-35,37-39,57-58H,9,20-24,48H2,1-8H3,(H,49,61)(H,50,59)(H,51,64)(H,52,65)(H,53,66)(H,54,63)(H,55,60)(H,56,62)(H,67,68)/t27-,28-,29+,32-,33-,34-,35-,37-,38-,39-/m0/s1. The lowest BCUT2D eigenvalue weighted by molar-refractivity contribution is -0.143. The lowest BCUT2D eigenvalue weighted by Gasteiger charge is -2.29. The number of hydrogen-bond donors (Lipinski definition) is 12. The number of carboxylic acid groups (broad SMARTS) is 1. The number of aliphatic hydroxyl groups excluding tert-OH is 2. The van der Waals surface area contributed by atoms with Gasteiger partial charge in [0.15, 0.2) is 0 Å². The monoisotopic (exact) mass is 954 g/mol. The highest BCUT2D eigenvalue weighted by Gasteiger charge is 2.36. The summed E-state index contributed by atoms with van der Waals surface area (Å²) in [5, 5.41) is 50.4. The summed E-state index contributed by atoms with van der Waals surface area (Å²) in [6.45, 7) is 11.4. The van der Waals surface area contributed by atoms with E-state index in [0.717, 1.165) is 0 Å². The molecular formula is C47H71N9O12. The quantitative estimate of drug-likeness (QED) is 0.0465. The highest BCUT2D eigenvalue weighted by Crippen LogP contribution is 2.13. The summed E-state index contributed by atoms with van der Waals surface area (Å²) in [7, 11) is 0. The van der Waals surface area contributed by atoms with Crippen molar-refractivity contribution in [2.45, 2.75) is 136 Å². The Morgan fingerprint density at radius 3 is 1.44 bits per heavy atom. The minimum atomic E-state index is -1.65. The molecule has 0 heterocycles. The molecule has 0 saturated carbocycles. The van der Waals surface area contributed by atoms with Crippen molar-refractivity contribution in [3.8, 4) is 0 Å². The van der Waals surface area contributed by atoms with E-state index in [-0.39, 0.29) is 31.1 Å². The van der Waals surface area contributed by atoms with E-state index in [0.29, 0.717) is 17.5 Å². The van der Waals surface area contributed by atoms with Crippen molar-refractivity contribution >= 4 is 53.2 Å². The lowest BCUT2D eigenvalue weighted by Crippen LogP contribution is -2.62. The zero-order valence-electron chi connectivity index (χ0n) is 40.0. The second-order valence-corrected chi connectivity index (χ2v) is 17.7. The molecule has 0 fully saturated rings. The highest BCUT2D eigenvalue weighted by molar-refractivity contribution is 5.97. The molecule has 0 aliphatic carbocycles. The molecule has 68 heavy (non-hydrogen) atoms. The van der Waals surface area contributed by atoms with E-state index in [9.17, 15) is 58.5 Å². The van der Waals surface area contributed by atoms with Gasteiger partial charge in [-0.2, -0.15) is 0 Å². The molecule has 2 rings (SSSR count). The molecule has 376 valence electrons. The fourth-order valence-electron chi connectivity index (χ4n) is 6.76. The Kier molecular flexibility index (Phi) is 24.3. The van der Waals surface area contributed by atoms with Gasteiger partial charge in [0, 0.05) is 12.8 Å². The molecule has 13 N–H and O–H groups in total. The Hall–Kier alpha value is -6.45. The molecule has 0 unspecified atom stereocenters. The van der Waals surface area contributed by atoms with Crippen LogP contribution in [0.5, 0.6) is 0 Å². The summed E-state index contributed by atoms with van der Waals surface area (Å²) in [6, 6.07) is 6.56. The maximum atomic E-state index is 13.9. The smallest absolute Gasteiger partial charge is 0.326 e. The van der Waals surface area contributed by atoms with Gasteiger partial charge in [-0.05, 0) is 49.1 Å². The van der Waals surface area contributed by atoms with Gasteiger partial charge in [0.2, 0.25) is 47.3 Å². The third kappa shape index (κ3) is 19.4. The molecule has 10 atom stereocenters. The zero-order chi connectivity index (χ0) is 51.2. The number of carboxylic acids is 1. The Morgan fingerprint density at radius 1 is 0.544 bits per heavy atom. The lowest BCUT2D eigenvalue weighted by atomic mass is 9.96. The Balaban J connectivity index is 2.26. The topological polar surface area (TPSA) is 337 Å². The van der Waals surface area contributed by atoms with Gasteiger partial charge >= 0.3 is 5.97 Å². The van der Waals surface area contributed by atoms with E-state index < -0.39 is 127 Å². The molecule has 0 spiro atoms. The Bertz CT molecular complexity index is 2000. The van der Waals surface area contributed by atoms with E-state index in [1.165, 1.54) is 13.8 Å². The number of rotatable bonds is 28. The zero-order valence-corrected chi connectivity index (χ0v) is 40.0. The van der Waals surface area contributed by atoms with E-state index in [4.69, 9.17) is 5.73 Å². The van der Waals surface area contributed by atoms with Crippen LogP contribution in [0.3, 0.4) is 0 Å². The predicted octanol–water partition coefficient (Wildman–Crippen LogP) is -1.47. The molecule has 21 nitrogen and oxygen atoms in total. The molecule has 0 bridgehead atoms. The maximum absolute atomic E-state index is 13.9. The van der Waals surface area contributed by atoms with Crippen molar-refractivity contribution < 1.29 is 58.5 Å². The van der Waals surface area contributed by atoms with Gasteiger partial charge in [-0.15, -0.1) is 0 Å². The number of aliphatic hydroxyl groups is 2. The largest absolute Gasteiger partial charge is 0.480 e. The highest BCUT2D eigenvalue weighted by atomic mass is 16.4. The summed E-state index contributed by atoms with van der Waals surface area (Å²) in [5.74, 6) is -8.96. The SMILES string of the molecule is CC[C@H](C)[C@H](NC(=O)[C@H](C)N)C(=O)N[C@@H](CC(C)C)C(=O)N[C@H](C(=O)N[C@@H](Cc1ccccc1)C(=O)NCC(=O)N[C@@H](CO)C(=O)N[C@@H](Cc1ccccc1)C(=O)N[C@H](C(=O)O)C(C)C)[C@@H](C)O. The van der Waals surface area contributed by atoms with Crippen LogP contribution < -0.4 is 48.3 Å². The van der Waals surface area contributed by atoms with Crippen molar-refractivity contribution in [2.75, 3.05) is 13.2 Å². The normalized spacial score (nSPS) is 15.6. The Morgan fingerprint density at radius 2 is 0.985 bits per heavy atom. The summed E-state index contributed by atoms with van der Waals surface area (Å²) in [4.78, 5) is 119. The van der Waals surface area contributed by atoms with Crippen LogP contribution in [0.2, 0.25) is 0 Å². The third-order valence-corrected chi connectivity index (χ3v) is 10.9. The first-order chi connectivity index (χ1) is 32.0. The van der Waals surface area contributed by atoms with Gasteiger partial charge in [0.25, 0.3) is 0 Å². The number of carbonyl (C=O) groups excluding carboxylic acids is 8. The number of benzene rings is 2. The van der Waals surface area contributed by atoms with Gasteiger partial charge in [0.05, 0.1) is 25.3 Å². The van der Waals surface area contributed by atoms with E-state index in [1.54, 1.807) is 95.3 Å². The number of aliphatic carboxylic acids is 1. The Labute approximate surface area is 397 Å². The number of amides is 8. The van der Waals surface area contributed by atoms with Crippen molar-refractivity contribution in [2.24, 2.45) is 23.5 Å². The number of carbonyl (C=O) groups is 9. The van der Waals surface area contributed by atoms with Gasteiger partial charge in [-0.1, -0.05) is 109 Å². The average molecular weight is 954 g/mol. The predicted molar refractivity (Wildman–Crippen MR) is 251 cm³/mol. The molecule has 0 radical (unpaired) electrons. The van der Waals surface area contributed by atoms with Gasteiger partial charge in [-0.25, -0.2) is 4.79 Å². The minimum Gasteiger partial charge on any atom is -0.480 e. The first-order valence-corrected chi connectivity index (χ1v) is 22.7. The molecule has 0 saturated heterocycles. The van der Waals surface area contributed by atoms with Gasteiger partial charge in [0.1, 0.15) is 42.3 Å². The molecule has 8 amide bonds. The van der Waals surface area contributed by atoms with Gasteiger partial charge < -0.3 is 63.6 Å². The molecule has 0 aromatic heterocycles. The summed E-state index contributed by atoms with van der Waals surface area (Å²) < 4.78 is 0. The van der Waals surface area contributed by atoms with Crippen LogP contribution in [0.25, 0.3) is 0 Å². The fraction of sp³-hybridized carbons (Fsp3) is 0.553. The van der Waals surface area contributed by atoms with Crippen LogP contribution in [0.4, 0.5) is 0 Å². The second kappa shape index (κ2) is 28.7. The summed E-state index contributed by atoms with van der Waals surface area (Å²) in [6.07, 6.45) is -1.10. The third-order valence-electron chi connectivity index (χ3n) is 10.9. The maximum Gasteiger partial charge on any atom is 0.326 e. The first-order valence-electron chi connectivity index (χ1n) is 22.7. The molecule has 21 heteroatoms. The number of nitrogens with one attached hydrogen (secondary N) is 8. The van der Waals surface area contributed by atoms with Crippen LogP contribution in [0, 0.1) is 17.8 Å². The van der Waals surface area contributed by atoms with Crippen molar-refractivity contribution in [3.63, 3.8) is 0 Å². The summed E-state index contributed by atoms with van der Waals surface area (Å²) >= 11 is 0. The second-order valence-electron chi connectivity index (χ2n) is 17.7. The molecule has 0 aliphatic rings. The number of hydrogen-bond acceptors (Lipinski definition) is 12. The van der Waals surface area contributed by atoms with E-state index in [2.05, 4.69) is 42.5 Å². The van der Waals surface area contributed by atoms with Crippen LogP contribution in [-0.4, -0.2) is 136 Å². The van der Waals surface area contributed by atoms with Crippen molar-refractivity contribution in [3.05, 3.63) is 71.8 Å². The van der Waals surface area contributed by atoms with Crippen molar-refractivity contribution in [1.82, 2.24) is 42.5 Å². The van der Waals surface area contributed by atoms with Crippen LogP contribution in [-0.2, 0) is 56.0 Å². The van der Waals surface area contributed by atoms with Crippen LogP contribution in [0.1, 0.15) is 79.4 Å². The average Bonchev–Trinajstić information content (AvgIpc) is 3.28. The first kappa shape index (κ1) is 57.7. The summed E-state index contributed by atoms with van der Waals surface area (Å²) in [5.41, 5.74) is 6.91. The molecule has 2 aromatic rings.